The molecule has 2 aromatic carbocycles. The number of nitrogens with zero attached hydrogens (tertiary/aromatic N) is 1. The molecule has 0 bridgehead atoms. The van der Waals surface area contributed by atoms with Gasteiger partial charge in [-0.05, 0) is 30.2 Å². The summed E-state index contributed by atoms with van der Waals surface area (Å²) in [5.41, 5.74) is 1.02. The highest BCUT2D eigenvalue weighted by molar-refractivity contribution is 6.00. The predicted molar refractivity (Wildman–Crippen MR) is 126 cm³/mol. The highest BCUT2D eigenvalue weighted by Crippen LogP contribution is 2.30. The number of nitrogens with one attached hydrogen (secondary N) is 3. The Labute approximate surface area is 209 Å². The van der Waals surface area contributed by atoms with Gasteiger partial charge < -0.3 is 29.9 Å². The molecule has 1 atom stereocenters. The Morgan fingerprint density at radius 3 is 2.30 bits per heavy atom. The molecular formula is C24H23F3N4O6. The molecule has 0 aliphatic carbocycles. The summed E-state index contributed by atoms with van der Waals surface area (Å²) in [6.07, 6.45) is -4.91. The van der Waals surface area contributed by atoms with Crippen LogP contribution in [-0.2, 0) is 9.53 Å². The van der Waals surface area contributed by atoms with Crippen molar-refractivity contribution in [2.24, 2.45) is 5.92 Å². The molecule has 0 aliphatic heterocycles. The summed E-state index contributed by atoms with van der Waals surface area (Å²) in [6, 6.07) is 11.0. The topological polar surface area (TPSA) is 132 Å². The molecule has 1 heterocycles. The van der Waals surface area contributed by atoms with Crippen molar-refractivity contribution < 1.29 is 41.6 Å². The minimum atomic E-state index is -4.91. The first kappa shape index (κ1) is 27.0. The Kier molecular flexibility index (Phi) is 8.37. The molecule has 10 nitrogen and oxygen atoms in total. The fourth-order valence-electron chi connectivity index (χ4n) is 3.15. The van der Waals surface area contributed by atoms with Crippen LogP contribution in [0.5, 0.6) is 5.75 Å². The van der Waals surface area contributed by atoms with Crippen LogP contribution >= 0.6 is 0 Å². The summed E-state index contributed by atoms with van der Waals surface area (Å²) in [7, 11) is 1.22. The first-order valence-electron chi connectivity index (χ1n) is 10.9. The summed E-state index contributed by atoms with van der Waals surface area (Å²) < 4.78 is 51.4. The van der Waals surface area contributed by atoms with E-state index in [1.165, 1.54) is 43.5 Å². The van der Waals surface area contributed by atoms with Crippen LogP contribution in [0.3, 0.4) is 0 Å². The number of rotatable bonds is 8. The third-order valence-electron chi connectivity index (χ3n) is 4.94. The number of alkyl halides is 3. The third-order valence-corrected chi connectivity index (χ3v) is 4.94. The lowest BCUT2D eigenvalue weighted by atomic mass is 10.0. The van der Waals surface area contributed by atoms with E-state index in [-0.39, 0.29) is 17.4 Å². The van der Waals surface area contributed by atoms with Crippen molar-refractivity contribution in [3.05, 3.63) is 60.4 Å². The number of hydrogen-bond acceptors (Lipinski definition) is 7. The minimum Gasteiger partial charge on any atom is -0.467 e. The molecule has 0 radical (unpaired) electrons. The van der Waals surface area contributed by atoms with Gasteiger partial charge in [0, 0.05) is 17.3 Å². The van der Waals surface area contributed by atoms with E-state index in [1.54, 1.807) is 26.0 Å². The van der Waals surface area contributed by atoms with Crippen molar-refractivity contribution in [1.29, 1.82) is 0 Å². The molecule has 3 aromatic rings. The molecule has 0 fully saturated rings. The zero-order chi connectivity index (χ0) is 27.2. The van der Waals surface area contributed by atoms with Crippen molar-refractivity contribution in [1.82, 2.24) is 10.5 Å². The zero-order valence-corrected chi connectivity index (χ0v) is 19.9. The number of halogens is 3. The maximum Gasteiger partial charge on any atom is 0.573 e. The van der Waals surface area contributed by atoms with Gasteiger partial charge in [-0.1, -0.05) is 43.3 Å². The molecule has 3 amide bonds. The normalized spacial score (nSPS) is 12.0. The van der Waals surface area contributed by atoms with Gasteiger partial charge in [-0.3, -0.25) is 4.79 Å². The summed E-state index contributed by atoms with van der Waals surface area (Å²) in [5, 5.41) is 11.2. The quantitative estimate of drug-likeness (QED) is 0.363. The third kappa shape index (κ3) is 7.46. The van der Waals surface area contributed by atoms with Crippen LogP contribution in [0.4, 0.5) is 29.3 Å². The van der Waals surface area contributed by atoms with Crippen molar-refractivity contribution in [2.75, 3.05) is 17.7 Å². The highest BCUT2D eigenvalue weighted by Gasteiger charge is 2.32. The fourth-order valence-corrected chi connectivity index (χ4v) is 3.15. The standard InChI is InChI=1S/C24H23F3N4O6/c1-13(2)20(22(33)35-3)30-21(32)19-12-17(31-37-19)14-8-10-15(11-9-14)28-23(34)29-16-6-4-5-7-18(16)36-24(25,26)27/h4-13,20H,1-3H3,(H,30,32)(H2,28,29,34). The fraction of sp³-hybridized carbons (Fsp3) is 0.250. The van der Waals surface area contributed by atoms with E-state index in [2.05, 4.69) is 25.8 Å². The van der Waals surface area contributed by atoms with Gasteiger partial charge >= 0.3 is 18.4 Å². The van der Waals surface area contributed by atoms with Gasteiger partial charge in [-0.2, -0.15) is 0 Å². The van der Waals surface area contributed by atoms with Crippen molar-refractivity contribution >= 4 is 29.3 Å². The van der Waals surface area contributed by atoms with Crippen molar-refractivity contribution in [3.63, 3.8) is 0 Å². The van der Waals surface area contributed by atoms with Crippen LogP contribution < -0.4 is 20.7 Å². The average molecular weight is 520 g/mol. The lowest BCUT2D eigenvalue weighted by Gasteiger charge is -2.18. The van der Waals surface area contributed by atoms with Crippen molar-refractivity contribution in [3.8, 4) is 17.0 Å². The second-order valence-electron chi connectivity index (χ2n) is 8.00. The SMILES string of the molecule is COC(=O)C(NC(=O)c1cc(-c2ccc(NC(=O)Nc3ccccc3OC(F)(F)F)cc2)no1)C(C)C. The number of ether oxygens (including phenoxy) is 2. The number of carbonyl (C=O) groups is 3. The number of anilines is 2. The second-order valence-corrected chi connectivity index (χ2v) is 8.00. The van der Waals surface area contributed by atoms with Crippen LogP contribution in [-0.4, -0.2) is 42.6 Å². The Hall–Kier alpha value is -4.55. The van der Waals surface area contributed by atoms with Gasteiger partial charge in [0.05, 0.1) is 12.8 Å². The van der Waals surface area contributed by atoms with Gasteiger partial charge in [-0.25, -0.2) is 9.59 Å². The summed E-state index contributed by atoms with van der Waals surface area (Å²) >= 11 is 0. The number of amides is 3. The Morgan fingerprint density at radius 2 is 1.68 bits per heavy atom. The predicted octanol–water partition coefficient (Wildman–Crippen LogP) is 4.81. The van der Waals surface area contributed by atoms with E-state index in [1.807, 2.05) is 0 Å². The molecule has 3 N–H and O–H groups in total. The van der Waals surface area contributed by atoms with Crippen molar-refractivity contribution in [2.45, 2.75) is 26.3 Å². The number of para-hydroxylation sites is 2. The monoisotopic (exact) mass is 520 g/mol. The number of methoxy groups -OCH3 is 1. The molecular weight excluding hydrogens is 497 g/mol. The van der Waals surface area contributed by atoms with E-state index in [4.69, 9.17) is 9.26 Å². The van der Waals surface area contributed by atoms with E-state index in [0.29, 0.717) is 16.9 Å². The average Bonchev–Trinajstić information content (AvgIpc) is 3.33. The number of carbonyl (C=O) groups excluding carboxylic acids is 3. The van der Waals surface area contributed by atoms with Gasteiger partial charge in [0.15, 0.2) is 5.75 Å². The lowest BCUT2D eigenvalue weighted by molar-refractivity contribution is -0.274. The van der Waals surface area contributed by atoms with Gasteiger partial charge in [0.2, 0.25) is 5.76 Å². The molecule has 196 valence electrons. The largest absolute Gasteiger partial charge is 0.573 e. The van der Waals surface area contributed by atoms with Crippen LogP contribution in [0, 0.1) is 5.92 Å². The van der Waals surface area contributed by atoms with Crippen LogP contribution in [0.25, 0.3) is 11.3 Å². The minimum absolute atomic E-state index is 0.120. The molecule has 3 rings (SSSR count). The highest BCUT2D eigenvalue weighted by atomic mass is 19.4. The molecule has 0 saturated heterocycles. The number of benzene rings is 2. The summed E-state index contributed by atoms with van der Waals surface area (Å²) in [6.45, 7) is 3.50. The Morgan fingerprint density at radius 1 is 1.00 bits per heavy atom. The van der Waals surface area contributed by atoms with E-state index >= 15 is 0 Å². The smallest absolute Gasteiger partial charge is 0.467 e. The number of hydrogen-bond donors (Lipinski definition) is 3. The summed E-state index contributed by atoms with van der Waals surface area (Å²) in [5.74, 6) is -2.13. The molecule has 13 heteroatoms. The molecule has 1 unspecified atom stereocenters. The molecule has 37 heavy (non-hydrogen) atoms. The first-order chi connectivity index (χ1) is 17.5. The van der Waals surface area contributed by atoms with E-state index in [9.17, 15) is 27.6 Å². The van der Waals surface area contributed by atoms with E-state index in [0.717, 1.165) is 6.07 Å². The van der Waals surface area contributed by atoms with Gasteiger partial charge in [-0.15, -0.1) is 13.2 Å². The number of urea groups is 1. The van der Waals surface area contributed by atoms with Crippen LogP contribution in [0.15, 0.2) is 59.1 Å². The van der Waals surface area contributed by atoms with E-state index < -0.39 is 36.1 Å². The molecule has 0 aliphatic rings. The lowest BCUT2D eigenvalue weighted by Crippen LogP contribution is -2.44. The number of aromatic nitrogens is 1. The zero-order valence-electron chi connectivity index (χ0n) is 19.9. The second kappa shape index (κ2) is 11.5. The van der Waals surface area contributed by atoms with Crippen LogP contribution in [0.1, 0.15) is 24.4 Å². The van der Waals surface area contributed by atoms with Gasteiger partial charge in [0.25, 0.3) is 5.91 Å². The molecule has 0 spiro atoms. The van der Waals surface area contributed by atoms with Gasteiger partial charge in [0.1, 0.15) is 11.7 Å². The molecule has 0 saturated carbocycles. The van der Waals surface area contributed by atoms with Crippen LogP contribution in [0.2, 0.25) is 0 Å². The maximum atomic E-state index is 12.6. The Bertz CT molecular complexity index is 1260. The summed E-state index contributed by atoms with van der Waals surface area (Å²) in [4.78, 5) is 36.6. The number of esters is 1. The Balaban J connectivity index is 1.63. The first-order valence-corrected chi connectivity index (χ1v) is 10.9. The molecule has 1 aromatic heterocycles. The maximum absolute atomic E-state index is 12.6.